The molecule has 0 bridgehead atoms. The molecular weight excluding hydrogens is 316 g/mol. The molecule has 0 unspecified atom stereocenters. The van der Waals surface area contributed by atoms with Crippen molar-refractivity contribution in [3.05, 3.63) is 22.7 Å². The van der Waals surface area contributed by atoms with Crippen LogP contribution in [0.25, 0.3) is 0 Å². The lowest BCUT2D eigenvalue weighted by Gasteiger charge is -2.33. The fourth-order valence-electron chi connectivity index (χ4n) is 4.12. The zero-order chi connectivity index (χ0) is 16.0. The third-order valence-corrected chi connectivity index (χ3v) is 5.54. The van der Waals surface area contributed by atoms with Crippen molar-refractivity contribution in [1.82, 2.24) is 9.80 Å². The molecule has 0 spiro atoms. The van der Waals surface area contributed by atoms with E-state index in [0.29, 0.717) is 34.2 Å². The number of fused-ring (bicyclic) bond motifs is 1. The van der Waals surface area contributed by atoms with E-state index in [1.165, 1.54) is 12.8 Å². The van der Waals surface area contributed by atoms with Crippen LogP contribution in [0.4, 0.5) is 0 Å². The summed E-state index contributed by atoms with van der Waals surface area (Å²) >= 11 is 6.23. The molecule has 0 radical (unpaired) electrons. The van der Waals surface area contributed by atoms with Crippen molar-refractivity contribution in [1.29, 1.82) is 0 Å². The fourth-order valence-corrected chi connectivity index (χ4v) is 4.39. The number of carbonyl (C=O) groups is 1. The van der Waals surface area contributed by atoms with Crippen molar-refractivity contribution in [3.8, 4) is 11.5 Å². The smallest absolute Gasteiger partial charge is 0.254 e. The Labute approximate surface area is 141 Å². The van der Waals surface area contributed by atoms with Crippen molar-refractivity contribution in [2.75, 3.05) is 26.9 Å². The summed E-state index contributed by atoms with van der Waals surface area (Å²) < 4.78 is 10.7. The Morgan fingerprint density at radius 2 is 1.96 bits per heavy atom. The number of halogens is 1. The predicted molar refractivity (Wildman–Crippen MR) is 87.3 cm³/mol. The molecule has 6 heteroatoms. The molecule has 2 fully saturated rings. The molecule has 124 valence electrons. The molecule has 1 aromatic rings. The molecular formula is C17H21ClN2O3. The molecule has 3 aliphatic heterocycles. The first-order chi connectivity index (χ1) is 11.1. The van der Waals surface area contributed by atoms with Gasteiger partial charge in [-0.05, 0) is 51.4 Å². The second-order valence-corrected chi connectivity index (χ2v) is 7.00. The number of amides is 1. The van der Waals surface area contributed by atoms with Gasteiger partial charge in [-0.15, -0.1) is 0 Å². The van der Waals surface area contributed by atoms with E-state index in [1.807, 2.05) is 4.90 Å². The highest BCUT2D eigenvalue weighted by Crippen LogP contribution is 2.40. The van der Waals surface area contributed by atoms with Gasteiger partial charge in [0.25, 0.3) is 5.91 Å². The third-order valence-electron chi connectivity index (χ3n) is 5.26. The van der Waals surface area contributed by atoms with E-state index >= 15 is 0 Å². The van der Waals surface area contributed by atoms with Gasteiger partial charge in [0.05, 0.1) is 5.02 Å². The Hall–Kier alpha value is -1.46. The van der Waals surface area contributed by atoms with Gasteiger partial charge >= 0.3 is 0 Å². The molecule has 0 aromatic heterocycles. The van der Waals surface area contributed by atoms with E-state index in [4.69, 9.17) is 21.1 Å². The number of hydrogen-bond donors (Lipinski definition) is 0. The normalized spacial score (nSPS) is 27.0. The summed E-state index contributed by atoms with van der Waals surface area (Å²) in [5.41, 5.74) is 0.590. The molecule has 5 nitrogen and oxygen atoms in total. The maximum absolute atomic E-state index is 13.0. The average molecular weight is 337 g/mol. The number of ether oxygens (including phenoxy) is 2. The number of likely N-dealkylation sites (N-methyl/N-ethyl adjacent to an activating group) is 1. The average Bonchev–Trinajstić information content (AvgIpc) is 3.25. The van der Waals surface area contributed by atoms with Crippen molar-refractivity contribution in [2.24, 2.45) is 0 Å². The van der Waals surface area contributed by atoms with Crippen LogP contribution in [0, 0.1) is 0 Å². The zero-order valence-corrected chi connectivity index (χ0v) is 14.0. The van der Waals surface area contributed by atoms with Crippen molar-refractivity contribution < 1.29 is 14.3 Å². The van der Waals surface area contributed by atoms with Gasteiger partial charge in [-0.1, -0.05) is 11.6 Å². The summed E-state index contributed by atoms with van der Waals surface area (Å²) in [5, 5.41) is 0.442. The number of carbonyl (C=O) groups excluding carboxylic acids is 1. The van der Waals surface area contributed by atoms with Gasteiger partial charge < -0.3 is 19.3 Å². The van der Waals surface area contributed by atoms with E-state index in [-0.39, 0.29) is 12.7 Å². The fraction of sp³-hybridized carbons (Fsp3) is 0.588. The molecule has 2 saturated heterocycles. The highest BCUT2D eigenvalue weighted by atomic mass is 35.5. The van der Waals surface area contributed by atoms with Gasteiger partial charge in [0.1, 0.15) is 0 Å². The molecule has 0 N–H and O–H groups in total. The van der Waals surface area contributed by atoms with Crippen LogP contribution >= 0.6 is 11.6 Å². The molecule has 0 saturated carbocycles. The number of benzene rings is 1. The Balaban J connectivity index is 1.60. The van der Waals surface area contributed by atoms with Crippen molar-refractivity contribution >= 4 is 17.5 Å². The molecule has 0 aliphatic carbocycles. The number of nitrogens with zero attached hydrogens (tertiary/aromatic N) is 2. The standard InChI is InChI=1S/C17H21ClN2O3/c1-19-6-2-4-13(19)14-5-3-7-20(14)17(21)11-8-12(18)16-15(9-11)22-10-23-16/h8-9,13-14H,2-7,10H2,1H3/t13-,14-/m1/s1. The molecule has 4 rings (SSSR count). The Kier molecular flexibility index (Phi) is 3.85. The molecule has 2 atom stereocenters. The molecule has 23 heavy (non-hydrogen) atoms. The van der Waals surface area contributed by atoms with Gasteiger partial charge in [0.2, 0.25) is 6.79 Å². The summed E-state index contributed by atoms with van der Waals surface area (Å²) in [7, 11) is 2.16. The van der Waals surface area contributed by atoms with Crippen LogP contribution in [-0.2, 0) is 0 Å². The minimum Gasteiger partial charge on any atom is -0.454 e. The second kappa shape index (κ2) is 5.87. The lowest BCUT2D eigenvalue weighted by molar-refractivity contribution is 0.0664. The van der Waals surface area contributed by atoms with Gasteiger partial charge in [0, 0.05) is 24.2 Å². The monoisotopic (exact) mass is 336 g/mol. The summed E-state index contributed by atoms with van der Waals surface area (Å²) in [6, 6.07) is 4.24. The molecule has 1 amide bonds. The third kappa shape index (κ3) is 2.56. The summed E-state index contributed by atoms with van der Waals surface area (Å²) in [6.45, 7) is 2.10. The maximum Gasteiger partial charge on any atom is 0.254 e. The van der Waals surface area contributed by atoms with Gasteiger partial charge in [-0.2, -0.15) is 0 Å². The highest BCUT2D eigenvalue weighted by molar-refractivity contribution is 6.32. The maximum atomic E-state index is 13.0. The zero-order valence-electron chi connectivity index (χ0n) is 13.3. The van der Waals surface area contributed by atoms with Crippen molar-refractivity contribution in [3.63, 3.8) is 0 Å². The van der Waals surface area contributed by atoms with E-state index in [0.717, 1.165) is 25.9 Å². The largest absolute Gasteiger partial charge is 0.454 e. The van der Waals surface area contributed by atoms with Gasteiger partial charge in [0.15, 0.2) is 11.5 Å². The lowest BCUT2D eigenvalue weighted by atomic mass is 10.0. The van der Waals surface area contributed by atoms with Crippen LogP contribution in [0.15, 0.2) is 12.1 Å². The van der Waals surface area contributed by atoms with Crippen LogP contribution in [-0.4, -0.2) is 54.7 Å². The first kappa shape index (κ1) is 15.1. The second-order valence-electron chi connectivity index (χ2n) is 6.59. The summed E-state index contributed by atoms with van der Waals surface area (Å²) in [5.74, 6) is 1.15. The van der Waals surface area contributed by atoms with E-state index in [9.17, 15) is 4.79 Å². The number of likely N-dealkylation sites (tertiary alicyclic amines) is 2. The topological polar surface area (TPSA) is 42.0 Å². The van der Waals surface area contributed by atoms with Crippen LogP contribution in [0.3, 0.4) is 0 Å². The molecule has 3 aliphatic rings. The molecule has 1 aromatic carbocycles. The number of hydrogen-bond acceptors (Lipinski definition) is 4. The summed E-state index contributed by atoms with van der Waals surface area (Å²) in [6.07, 6.45) is 4.54. The first-order valence-electron chi connectivity index (χ1n) is 8.25. The van der Waals surface area contributed by atoms with Crippen LogP contribution in [0.2, 0.25) is 5.02 Å². The first-order valence-corrected chi connectivity index (χ1v) is 8.63. The summed E-state index contributed by atoms with van der Waals surface area (Å²) in [4.78, 5) is 17.4. The SMILES string of the molecule is CN1CCC[C@@H]1[C@H]1CCCN1C(=O)c1cc(Cl)c2c(c1)OCO2. The van der Waals surface area contributed by atoms with Crippen LogP contribution in [0.5, 0.6) is 11.5 Å². The number of rotatable bonds is 2. The minimum atomic E-state index is 0.0491. The minimum absolute atomic E-state index is 0.0491. The van der Waals surface area contributed by atoms with Gasteiger partial charge in [-0.25, -0.2) is 0 Å². The lowest BCUT2D eigenvalue weighted by Crippen LogP contribution is -2.47. The predicted octanol–water partition coefficient (Wildman–Crippen LogP) is 2.77. The van der Waals surface area contributed by atoms with Crippen LogP contribution < -0.4 is 9.47 Å². The van der Waals surface area contributed by atoms with Crippen molar-refractivity contribution in [2.45, 2.75) is 37.8 Å². The van der Waals surface area contributed by atoms with E-state index < -0.39 is 0 Å². The highest BCUT2D eigenvalue weighted by Gasteiger charge is 2.39. The van der Waals surface area contributed by atoms with Crippen LogP contribution in [0.1, 0.15) is 36.0 Å². The Bertz CT molecular complexity index is 637. The Morgan fingerprint density at radius 1 is 1.17 bits per heavy atom. The van der Waals surface area contributed by atoms with E-state index in [1.54, 1.807) is 12.1 Å². The molecule has 3 heterocycles. The Morgan fingerprint density at radius 3 is 2.74 bits per heavy atom. The van der Waals surface area contributed by atoms with Gasteiger partial charge in [-0.3, -0.25) is 4.79 Å². The van der Waals surface area contributed by atoms with E-state index in [2.05, 4.69) is 11.9 Å². The quantitative estimate of drug-likeness (QED) is 0.833.